The van der Waals surface area contributed by atoms with E-state index in [1.165, 1.54) is 0 Å². The highest BCUT2D eigenvalue weighted by Crippen LogP contribution is 2.28. The fourth-order valence-electron chi connectivity index (χ4n) is 1.66. The van der Waals surface area contributed by atoms with Gasteiger partial charge in [0.2, 0.25) is 0 Å². The van der Waals surface area contributed by atoms with Crippen LogP contribution < -0.4 is 15.4 Å². The van der Waals surface area contributed by atoms with Crippen molar-refractivity contribution in [3.05, 3.63) is 35.9 Å². The zero-order valence-electron chi connectivity index (χ0n) is 9.88. The molecule has 0 unspecified atom stereocenters. The number of amides is 1. The van der Waals surface area contributed by atoms with Gasteiger partial charge in [0.15, 0.2) is 6.61 Å². The maximum atomic E-state index is 11.2. The van der Waals surface area contributed by atoms with Gasteiger partial charge < -0.3 is 15.4 Å². The smallest absolute Gasteiger partial charge is 0.262 e. The molecular weight excluding hydrogens is 216 g/mol. The largest absolute Gasteiger partial charge is 0.482 e. The van der Waals surface area contributed by atoms with Gasteiger partial charge in [0.1, 0.15) is 5.75 Å². The second-order valence-corrected chi connectivity index (χ2v) is 4.23. The lowest BCUT2D eigenvalue weighted by Gasteiger charge is -2.18. The van der Waals surface area contributed by atoms with Crippen molar-refractivity contribution in [2.45, 2.75) is 13.5 Å². The third kappa shape index (κ3) is 3.07. The van der Waals surface area contributed by atoms with E-state index in [9.17, 15) is 4.79 Å². The summed E-state index contributed by atoms with van der Waals surface area (Å²) in [5, 5.41) is 6.06. The van der Waals surface area contributed by atoms with Crippen LogP contribution >= 0.6 is 0 Å². The monoisotopic (exact) mass is 232 g/mol. The van der Waals surface area contributed by atoms with Gasteiger partial charge in [-0.25, -0.2) is 0 Å². The predicted octanol–water partition coefficient (Wildman–Crippen LogP) is 1.68. The summed E-state index contributed by atoms with van der Waals surface area (Å²) in [6.07, 6.45) is 0. The molecule has 4 nitrogen and oxygen atoms in total. The van der Waals surface area contributed by atoms with Crippen molar-refractivity contribution < 1.29 is 9.53 Å². The van der Waals surface area contributed by atoms with E-state index in [1.807, 2.05) is 25.1 Å². The van der Waals surface area contributed by atoms with Crippen molar-refractivity contribution in [3.63, 3.8) is 0 Å². The minimum Gasteiger partial charge on any atom is -0.482 e. The zero-order chi connectivity index (χ0) is 12.3. The van der Waals surface area contributed by atoms with Crippen LogP contribution in [0.3, 0.4) is 0 Å². The van der Waals surface area contributed by atoms with Crippen LogP contribution in [0, 0.1) is 0 Å². The molecule has 0 aromatic heterocycles. The molecule has 1 aromatic carbocycles. The van der Waals surface area contributed by atoms with E-state index < -0.39 is 0 Å². The lowest BCUT2D eigenvalue weighted by molar-refractivity contribution is -0.118. The van der Waals surface area contributed by atoms with Gasteiger partial charge in [-0.05, 0) is 24.6 Å². The first kappa shape index (κ1) is 11.7. The Hall–Kier alpha value is -1.81. The first-order valence-corrected chi connectivity index (χ1v) is 5.56. The van der Waals surface area contributed by atoms with Gasteiger partial charge in [-0.15, -0.1) is 0 Å². The number of carbonyl (C=O) groups is 1. The van der Waals surface area contributed by atoms with E-state index >= 15 is 0 Å². The molecule has 2 N–H and O–H groups in total. The number of nitrogens with one attached hydrogen (secondary N) is 2. The SMILES string of the molecule is C=C(C)CNCc1ccc2c(c1)NC(=O)CO2. The summed E-state index contributed by atoms with van der Waals surface area (Å²) in [5.74, 6) is 0.623. The number of rotatable bonds is 4. The number of fused-ring (bicyclic) bond motifs is 1. The standard InChI is InChI=1S/C13H16N2O2/c1-9(2)6-14-7-10-3-4-12-11(5-10)15-13(16)8-17-12/h3-5,14H,1,6-8H2,2H3,(H,15,16). The van der Waals surface area contributed by atoms with Crippen molar-refractivity contribution >= 4 is 11.6 Å². The molecule has 0 atom stereocenters. The van der Waals surface area contributed by atoms with Crippen LogP contribution in [0.1, 0.15) is 12.5 Å². The zero-order valence-corrected chi connectivity index (χ0v) is 9.88. The van der Waals surface area contributed by atoms with Gasteiger partial charge in [0.05, 0.1) is 5.69 Å². The summed E-state index contributed by atoms with van der Waals surface area (Å²) in [7, 11) is 0. The maximum absolute atomic E-state index is 11.2. The molecule has 1 aliphatic rings. The highest BCUT2D eigenvalue weighted by atomic mass is 16.5. The molecule has 0 bridgehead atoms. The van der Waals surface area contributed by atoms with Gasteiger partial charge in [0, 0.05) is 13.1 Å². The van der Waals surface area contributed by atoms with Crippen molar-refractivity contribution in [1.82, 2.24) is 5.32 Å². The average Bonchev–Trinajstić information content (AvgIpc) is 2.28. The normalized spacial score (nSPS) is 13.6. The number of benzene rings is 1. The Morgan fingerprint density at radius 3 is 3.18 bits per heavy atom. The maximum Gasteiger partial charge on any atom is 0.262 e. The molecule has 1 aliphatic heterocycles. The summed E-state index contributed by atoms with van der Waals surface area (Å²) in [6, 6.07) is 5.80. The minimum absolute atomic E-state index is 0.0975. The Morgan fingerprint density at radius 1 is 1.59 bits per heavy atom. The highest BCUT2D eigenvalue weighted by molar-refractivity contribution is 5.95. The lowest BCUT2D eigenvalue weighted by Crippen LogP contribution is -2.25. The van der Waals surface area contributed by atoms with Gasteiger partial charge in [0.25, 0.3) is 5.91 Å². The number of carbonyl (C=O) groups excluding carboxylic acids is 1. The Kier molecular flexibility index (Phi) is 3.44. The van der Waals surface area contributed by atoms with Gasteiger partial charge in [-0.2, -0.15) is 0 Å². The van der Waals surface area contributed by atoms with Gasteiger partial charge in [-0.3, -0.25) is 4.79 Å². The number of anilines is 1. The molecule has 4 heteroatoms. The van der Waals surface area contributed by atoms with E-state index in [4.69, 9.17) is 4.74 Å². The van der Waals surface area contributed by atoms with E-state index in [0.717, 1.165) is 35.7 Å². The van der Waals surface area contributed by atoms with Crippen LogP contribution in [0.2, 0.25) is 0 Å². The Labute approximate surface area is 101 Å². The summed E-state index contributed by atoms with van der Waals surface area (Å²) in [5.41, 5.74) is 2.95. The summed E-state index contributed by atoms with van der Waals surface area (Å²) < 4.78 is 5.29. The molecule has 0 aliphatic carbocycles. The minimum atomic E-state index is -0.107. The van der Waals surface area contributed by atoms with E-state index in [1.54, 1.807) is 0 Å². The fourth-order valence-corrected chi connectivity index (χ4v) is 1.66. The van der Waals surface area contributed by atoms with Crippen LogP contribution in [0.4, 0.5) is 5.69 Å². The molecule has 0 saturated carbocycles. The fraction of sp³-hybridized carbons (Fsp3) is 0.308. The molecule has 0 spiro atoms. The Morgan fingerprint density at radius 2 is 2.41 bits per heavy atom. The van der Waals surface area contributed by atoms with Crippen molar-refractivity contribution in [3.8, 4) is 5.75 Å². The van der Waals surface area contributed by atoms with Crippen LogP contribution in [0.25, 0.3) is 0 Å². The quantitative estimate of drug-likeness (QED) is 0.777. The third-order valence-electron chi connectivity index (χ3n) is 2.43. The van der Waals surface area contributed by atoms with E-state index in [2.05, 4.69) is 17.2 Å². The molecule has 0 fully saturated rings. The number of hydrogen-bond acceptors (Lipinski definition) is 3. The second-order valence-electron chi connectivity index (χ2n) is 4.23. The van der Waals surface area contributed by atoms with Crippen LogP contribution in [-0.2, 0) is 11.3 Å². The van der Waals surface area contributed by atoms with E-state index in [-0.39, 0.29) is 12.5 Å². The predicted molar refractivity (Wildman–Crippen MR) is 67.1 cm³/mol. The molecular formula is C13H16N2O2. The number of hydrogen-bond donors (Lipinski definition) is 2. The first-order chi connectivity index (χ1) is 8.15. The van der Waals surface area contributed by atoms with Gasteiger partial charge >= 0.3 is 0 Å². The molecule has 1 heterocycles. The molecule has 1 amide bonds. The molecule has 1 aromatic rings. The molecule has 0 radical (unpaired) electrons. The average molecular weight is 232 g/mol. The van der Waals surface area contributed by atoms with Crippen LogP contribution in [0.15, 0.2) is 30.4 Å². The Balaban J connectivity index is 2.02. The molecule has 90 valence electrons. The summed E-state index contributed by atoms with van der Waals surface area (Å²) in [6.45, 7) is 7.44. The molecule has 2 rings (SSSR count). The number of ether oxygens (including phenoxy) is 1. The van der Waals surface area contributed by atoms with Crippen molar-refractivity contribution in [2.75, 3.05) is 18.5 Å². The van der Waals surface area contributed by atoms with Crippen LogP contribution in [0.5, 0.6) is 5.75 Å². The Bertz CT molecular complexity index is 455. The third-order valence-corrected chi connectivity index (χ3v) is 2.43. The second kappa shape index (κ2) is 5.01. The highest BCUT2D eigenvalue weighted by Gasteiger charge is 2.15. The van der Waals surface area contributed by atoms with Crippen molar-refractivity contribution in [1.29, 1.82) is 0 Å². The van der Waals surface area contributed by atoms with E-state index in [0.29, 0.717) is 0 Å². The van der Waals surface area contributed by atoms with Gasteiger partial charge in [-0.1, -0.05) is 18.2 Å². The molecule has 17 heavy (non-hydrogen) atoms. The van der Waals surface area contributed by atoms with Crippen LogP contribution in [-0.4, -0.2) is 19.1 Å². The first-order valence-electron chi connectivity index (χ1n) is 5.56. The summed E-state index contributed by atoms with van der Waals surface area (Å²) in [4.78, 5) is 11.2. The lowest BCUT2D eigenvalue weighted by atomic mass is 10.1. The molecule has 0 saturated heterocycles. The van der Waals surface area contributed by atoms with Crippen molar-refractivity contribution in [2.24, 2.45) is 0 Å². The summed E-state index contributed by atoms with van der Waals surface area (Å²) >= 11 is 0. The topological polar surface area (TPSA) is 50.4 Å².